The second kappa shape index (κ2) is 11.1. The van der Waals surface area contributed by atoms with Crippen molar-refractivity contribution in [3.05, 3.63) is 117 Å². The summed E-state index contributed by atoms with van der Waals surface area (Å²) in [6.45, 7) is 0. The normalized spacial score (nSPS) is 14.0. The highest BCUT2D eigenvalue weighted by Gasteiger charge is 2.21. The fourth-order valence-electron chi connectivity index (χ4n) is 3.05. The van der Waals surface area contributed by atoms with Crippen molar-refractivity contribution in [1.29, 1.82) is 0 Å². The van der Waals surface area contributed by atoms with E-state index in [-0.39, 0.29) is 0 Å². The zero-order valence-corrected chi connectivity index (χ0v) is 22.2. The SMILES string of the molecule is O=P(C=C(Cl)c1ccccc1)(/C=C(/Cl)c1ccccc1)Nc1nc(-c2ccc(Cl)c(Cl)c2)cs1. The van der Waals surface area contributed by atoms with Crippen LogP contribution in [0.25, 0.3) is 21.3 Å². The van der Waals surface area contributed by atoms with E-state index >= 15 is 0 Å². The molecule has 0 fully saturated rings. The van der Waals surface area contributed by atoms with Crippen LogP contribution in [0.4, 0.5) is 5.13 Å². The summed E-state index contributed by atoms with van der Waals surface area (Å²) in [5.74, 6) is 2.99. The minimum atomic E-state index is -3.42. The summed E-state index contributed by atoms with van der Waals surface area (Å²) in [4.78, 5) is 4.59. The second-order valence-corrected chi connectivity index (χ2v) is 11.8. The van der Waals surface area contributed by atoms with Gasteiger partial charge in [0.1, 0.15) is 0 Å². The van der Waals surface area contributed by atoms with E-state index in [1.165, 1.54) is 23.0 Å². The van der Waals surface area contributed by atoms with Gasteiger partial charge in [0.05, 0.1) is 25.8 Å². The van der Waals surface area contributed by atoms with Crippen molar-refractivity contribution in [2.24, 2.45) is 0 Å². The summed E-state index contributed by atoms with van der Waals surface area (Å²) in [6, 6.07) is 23.9. The zero-order valence-electron chi connectivity index (χ0n) is 17.5. The Morgan fingerprint density at radius 3 is 1.91 bits per heavy atom. The molecule has 0 radical (unpaired) electrons. The summed E-state index contributed by atoms with van der Waals surface area (Å²) in [5, 5.41) is 6.92. The Bertz CT molecular complexity index is 1350. The summed E-state index contributed by atoms with van der Waals surface area (Å²) in [5.41, 5.74) is 2.95. The van der Waals surface area contributed by atoms with E-state index in [9.17, 15) is 4.57 Å². The Hall–Kier alpha value is -2.04. The average Bonchev–Trinajstić information content (AvgIpc) is 3.29. The van der Waals surface area contributed by atoms with Crippen LogP contribution in [0, 0.1) is 0 Å². The number of anilines is 1. The summed E-state index contributed by atoms with van der Waals surface area (Å²) in [6.07, 6.45) is 0. The predicted molar refractivity (Wildman–Crippen MR) is 149 cm³/mol. The Balaban J connectivity index is 1.71. The maximum absolute atomic E-state index is 14.1. The highest BCUT2D eigenvalue weighted by Crippen LogP contribution is 2.54. The van der Waals surface area contributed by atoms with Crippen molar-refractivity contribution in [2.45, 2.75) is 0 Å². The zero-order chi connectivity index (χ0) is 24.1. The molecule has 0 amide bonds. The molecular formula is C25H17Cl4N2OPS. The van der Waals surface area contributed by atoms with Gasteiger partial charge in [0.15, 0.2) is 5.13 Å². The predicted octanol–water partition coefficient (Wildman–Crippen LogP) is 10.3. The number of hydrogen-bond donors (Lipinski definition) is 1. The number of aromatic nitrogens is 1. The molecular weight excluding hydrogens is 549 g/mol. The van der Waals surface area contributed by atoms with Gasteiger partial charge in [-0.2, -0.15) is 0 Å². The quantitative estimate of drug-likeness (QED) is 0.227. The Morgan fingerprint density at radius 2 is 1.38 bits per heavy atom. The van der Waals surface area contributed by atoms with Crippen LogP contribution >= 0.6 is 65.0 Å². The first kappa shape index (κ1) is 25.1. The molecule has 1 atom stereocenters. The fraction of sp³-hybridized carbons (Fsp3) is 0. The third kappa shape index (κ3) is 6.34. The van der Waals surface area contributed by atoms with Gasteiger partial charge in [-0.1, -0.05) is 113 Å². The van der Waals surface area contributed by atoms with Crippen LogP contribution in [0.15, 0.2) is 95.9 Å². The van der Waals surface area contributed by atoms with E-state index in [4.69, 9.17) is 46.4 Å². The van der Waals surface area contributed by atoms with Gasteiger partial charge in [0, 0.05) is 22.6 Å². The number of rotatable bonds is 7. The van der Waals surface area contributed by atoms with Gasteiger partial charge >= 0.3 is 0 Å². The molecule has 0 saturated heterocycles. The molecule has 34 heavy (non-hydrogen) atoms. The standard InChI is InChI=1S/C25H17Cl4N2OPS/c26-20-12-11-19(13-21(20)27)24-16-34-25(30-24)31-33(32,14-22(28)17-7-3-1-4-8-17)15-23(29)18-9-5-2-6-10-18/h1-16H,(H,30,31,32)/b22-14+,23-15?. The highest BCUT2D eigenvalue weighted by atomic mass is 35.5. The first-order valence-electron chi connectivity index (χ1n) is 9.99. The molecule has 1 heterocycles. The van der Waals surface area contributed by atoms with E-state index in [2.05, 4.69) is 10.1 Å². The monoisotopic (exact) mass is 564 g/mol. The second-order valence-electron chi connectivity index (χ2n) is 7.17. The Kier molecular flexibility index (Phi) is 8.21. The van der Waals surface area contributed by atoms with E-state index in [1.807, 2.05) is 72.1 Å². The molecule has 1 unspecified atom stereocenters. The van der Waals surface area contributed by atoms with Gasteiger partial charge in [-0.3, -0.25) is 4.57 Å². The van der Waals surface area contributed by atoms with Crippen LogP contribution in [0.3, 0.4) is 0 Å². The van der Waals surface area contributed by atoms with Crippen LogP contribution in [0.5, 0.6) is 0 Å². The molecule has 1 N–H and O–H groups in total. The van der Waals surface area contributed by atoms with Crippen molar-refractivity contribution >= 4 is 80.2 Å². The van der Waals surface area contributed by atoms with E-state index in [1.54, 1.807) is 12.1 Å². The smallest absolute Gasteiger partial charge is 0.217 e. The lowest BCUT2D eigenvalue weighted by Gasteiger charge is -2.13. The maximum atomic E-state index is 14.1. The average molecular weight is 566 g/mol. The first-order valence-corrected chi connectivity index (χ1v) is 14.2. The van der Waals surface area contributed by atoms with Crippen molar-refractivity contribution in [3.8, 4) is 11.3 Å². The topological polar surface area (TPSA) is 42.0 Å². The lowest BCUT2D eigenvalue weighted by atomic mass is 10.2. The lowest BCUT2D eigenvalue weighted by Crippen LogP contribution is -1.94. The summed E-state index contributed by atoms with van der Waals surface area (Å²) in [7, 11) is -3.42. The molecule has 0 saturated carbocycles. The lowest BCUT2D eigenvalue weighted by molar-refractivity contribution is 0.589. The van der Waals surface area contributed by atoms with Crippen LogP contribution < -0.4 is 5.09 Å². The number of nitrogens with zero attached hydrogens (tertiary/aromatic N) is 1. The molecule has 4 rings (SSSR count). The molecule has 0 aliphatic heterocycles. The van der Waals surface area contributed by atoms with Crippen molar-refractivity contribution in [2.75, 3.05) is 5.09 Å². The third-order valence-electron chi connectivity index (χ3n) is 4.70. The molecule has 0 aliphatic carbocycles. The van der Waals surface area contributed by atoms with Crippen molar-refractivity contribution < 1.29 is 4.57 Å². The molecule has 1 aromatic heterocycles. The largest absolute Gasteiger partial charge is 0.306 e. The van der Waals surface area contributed by atoms with Gasteiger partial charge < -0.3 is 5.09 Å². The molecule has 4 aromatic rings. The number of hydrogen-bond acceptors (Lipinski definition) is 3. The minimum Gasteiger partial charge on any atom is -0.306 e. The van der Waals surface area contributed by atoms with E-state index in [0.29, 0.717) is 30.9 Å². The van der Waals surface area contributed by atoms with Gasteiger partial charge in [0.25, 0.3) is 0 Å². The molecule has 172 valence electrons. The fourth-order valence-corrected chi connectivity index (χ4v) is 7.19. The first-order chi connectivity index (χ1) is 16.3. The number of benzene rings is 3. The molecule has 3 nitrogen and oxygen atoms in total. The van der Waals surface area contributed by atoms with Gasteiger partial charge in [-0.15, -0.1) is 11.3 Å². The van der Waals surface area contributed by atoms with Crippen LogP contribution in [-0.2, 0) is 4.57 Å². The van der Waals surface area contributed by atoms with E-state index in [0.717, 1.165) is 16.7 Å². The Morgan fingerprint density at radius 1 is 0.824 bits per heavy atom. The number of thiazole rings is 1. The molecule has 9 heteroatoms. The van der Waals surface area contributed by atoms with Crippen LogP contribution in [0.1, 0.15) is 11.1 Å². The molecule has 3 aromatic carbocycles. The third-order valence-corrected chi connectivity index (χ3v) is 9.15. The maximum Gasteiger partial charge on any atom is 0.217 e. The van der Waals surface area contributed by atoms with Gasteiger partial charge in [0.2, 0.25) is 7.29 Å². The molecule has 0 spiro atoms. The van der Waals surface area contributed by atoms with Crippen LogP contribution in [-0.4, -0.2) is 4.98 Å². The number of nitrogens with one attached hydrogen (secondary N) is 1. The summed E-state index contributed by atoms with van der Waals surface area (Å²) < 4.78 is 14.1. The van der Waals surface area contributed by atoms with Crippen molar-refractivity contribution in [3.63, 3.8) is 0 Å². The van der Waals surface area contributed by atoms with Crippen LogP contribution in [0.2, 0.25) is 10.0 Å². The van der Waals surface area contributed by atoms with Crippen molar-refractivity contribution in [1.82, 2.24) is 4.98 Å². The molecule has 0 aliphatic rings. The summed E-state index contributed by atoms with van der Waals surface area (Å²) >= 11 is 26.6. The van der Waals surface area contributed by atoms with E-state index < -0.39 is 7.29 Å². The highest BCUT2D eigenvalue weighted by molar-refractivity contribution is 7.72. The minimum absolute atomic E-state index is 0.339. The number of halogens is 4. The Labute approximate surface area is 222 Å². The molecule has 0 bridgehead atoms. The van der Waals surface area contributed by atoms with Gasteiger partial charge in [-0.25, -0.2) is 4.98 Å². The van der Waals surface area contributed by atoms with Gasteiger partial charge in [-0.05, 0) is 23.3 Å².